The molecule has 0 spiro atoms. The molecule has 4 nitrogen and oxygen atoms in total. The van der Waals surface area contributed by atoms with E-state index in [1.807, 2.05) is 13.1 Å². The van der Waals surface area contributed by atoms with Crippen LogP contribution in [0.25, 0.3) is 0 Å². The van der Waals surface area contributed by atoms with Crippen LogP contribution in [0, 0.1) is 0 Å². The van der Waals surface area contributed by atoms with E-state index in [0.29, 0.717) is 17.5 Å². The molecule has 1 aromatic carbocycles. The van der Waals surface area contributed by atoms with E-state index in [9.17, 15) is 0 Å². The summed E-state index contributed by atoms with van der Waals surface area (Å²) in [6, 6.07) is 5.38. The molecule has 1 heterocycles. The molecule has 16 heavy (non-hydrogen) atoms. The number of aryl methyl sites for hydroxylation is 1. The molecule has 0 radical (unpaired) electrons. The molecule has 0 N–H and O–H groups in total. The van der Waals surface area contributed by atoms with Crippen LogP contribution in [-0.2, 0) is 13.7 Å². The maximum atomic E-state index is 5.87. The second-order valence-corrected chi connectivity index (χ2v) is 4.46. The number of ether oxygens (including phenoxy) is 1. The first-order chi connectivity index (χ1) is 7.65. The van der Waals surface area contributed by atoms with Crippen LogP contribution in [0.2, 0.25) is 5.02 Å². The van der Waals surface area contributed by atoms with Crippen molar-refractivity contribution in [3.8, 4) is 5.75 Å². The number of halogens is 2. The number of benzene rings is 1. The molecular formula is C10H9BrClN3O. The third-order valence-corrected chi connectivity index (χ3v) is 3.12. The Hall–Kier alpha value is -1.07. The average Bonchev–Trinajstić information content (AvgIpc) is 2.66. The Morgan fingerprint density at radius 3 is 2.94 bits per heavy atom. The van der Waals surface area contributed by atoms with E-state index in [1.54, 1.807) is 23.1 Å². The van der Waals surface area contributed by atoms with Crippen LogP contribution in [-0.4, -0.2) is 14.8 Å². The molecule has 0 fully saturated rings. The second kappa shape index (κ2) is 4.84. The van der Waals surface area contributed by atoms with Gasteiger partial charge in [-0.2, -0.15) is 5.10 Å². The Kier molecular flexibility index (Phi) is 3.46. The van der Waals surface area contributed by atoms with Gasteiger partial charge >= 0.3 is 0 Å². The van der Waals surface area contributed by atoms with Crippen molar-refractivity contribution in [3.05, 3.63) is 39.8 Å². The first-order valence-corrected chi connectivity index (χ1v) is 5.74. The third kappa shape index (κ3) is 2.74. The van der Waals surface area contributed by atoms with E-state index in [0.717, 1.165) is 10.2 Å². The molecule has 0 aliphatic carbocycles. The smallest absolute Gasteiger partial charge is 0.188 e. The summed E-state index contributed by atoms with van der Waals surface area (Å²) in [5.74, 6) is 1.37. The molecular weight excluding hydrogens is 293 g/mol. The minimum absolute atomic E-state index is 0.342. The second-order valence-electron chi connectivity index (χ2n) is 3.20. The first-order valence-electron chi connectivity index (χ1n) is 4.57. The van der Waals surface area contributed by atoms with Crippen molar-refractivity contribution in [3.63, 3.8) is 0 Å². The van der Waals surface area contributed by atoms with Crippen molar-refractivity contribution >= 4 is 27.5 Å². The zero-order chi connectivity index (χ0) is 11.5. The van der Waals surface area contributed by atoms with Crippen molar-refractivity contribution < 1.29 is 4.74 Å². The van der Waals surface area contributed by atoms with Gasteiger partial charge < -0.3 is 4.74 Å². The fraction of sp³-hybridized carbons (Fsp3) is 0.200. The van der Waals surface area contributed by atoms with Gasteiger partial charge in [-0.05, 0) is 34.1 Å². The maximum Gasteiger partial charge on any atom is 0.188 e. The highest BCUT2D eigenvalue weighted by atomic mass is 79.9. The number of hydrogen-bond donors (Lipinski definition) is 0. The van der Waals surface area contributed by atoms with Crippen molar-refractivity contribution in [2.24, 2.45) is 7.05 Å². The summed E-state index contributed by atoms with van der Waals surface area (Å²) in [6.07, 6.45) is 1.64. The van der Waals surface area contributed by atoms with Gasteiger partial charge in [-0.25, -0.2) is 4.98 Å². The maximum absolute atomic E-state index is 5.87. The van der Waals surface area contributed by atoms with Gasteiger partial charge in [0, 0.05) is 11.5 Å². The Bertz CT molecular complexity index is 501. The molecule has 0 saturated carbocycles. The monoisotopic (exact) mass is 301 g/mol. The topological polar surface area (TPSA) is 39.9 Å². The molecule has 0 aliphatic heterocycles. The van der Waals surface area contributed by atoms with E-state index < -0.39 is 0 Å². The standard InChI is InChI=1S/C10H9BrClN3O/c1-15-6-13-10(14-15)5-16-7-2-3-9(12)8(11)4-7/h2-4,6H,5H2,1H3. The van der Waals surface area contributed by atoms with E-state index in [1.165, 1.54) is 0 Å². The molecule has 0 unspecified atom stereocenters. The van der Waals surface area contributed by atoms with Gasteiger partial charge in [0.05, 0.1) is 5.02 Å². The molecule has 0 atom stereocenters. The van der Waals surface area contributed by atoms with Crippen molar-refractivity contribution in [2.45, 2.75) is 6.61 Å². The number of hydrogen-bond acceptors (Lipinski definition) is 3. The van der Waals surface area contributed by atoms with E-state index >= 15 is 0 Å². The lowest BCUT2D eigenvalue weighted by molar-refractivity contribution is 0.295. The summed E-state index contributed by atoms with van der Waals surface area (Å²) in [7, 11) is 1.81. The largest absolute Gasteiger partial charge is 0.485 e. The van der Waals surface area contributed by atoms with Gasteiger partial charge in [-0.15, -0.1) is 0 Å². The normalized spacial score (nSPS) is 10.4. The summed E-state index contributed by atoms with van der Waals surface area (Å²) in [5.41, 5.74) is 0. The molecule has 0 aliphatic rings. The van der Waals surface area contributed by atoms with Gasteiger partial charge in [-0.1, -0.05) is 11.6 Å². The molecule has 2 aromatic rings. The highest BCUT2D eigenvalue weighted by Gasteiger charge is 2.02. The SMILES string of the molecule is Cn1cnc(COc2ccc(Cl)c(Br)c2)n1. The van der Waals surface area contributed by atoms with E-state index in [-0.39, 0.29) is 0 Å². The van der Waals surface area contributed by atoms with E-state index in [4.69, 9.17) is 16.3 Å². The Labute approximate surface area is 106 Å². The highest BCUT2D eigenvalue weighted by molar-refractivity contribution is 9.10. The molecule has 0 amide bonds. The molecule has 6 heteroatoms. The Morgan fingerprint density at radius 1 is 1.50 bits per heavy atom. The Morgan fingerprint density at radius 2 is 2.31 bits per heavy atom. The Balaban J connectivity index is 2.02. The summed E-state index contributed by atoms with van der Waals surface area (Å²) in [6.45, 7) is 0.342. The number of nitrogens with zero attached hydrogens (tertiary/aromatic N) is 3. The van der Waals surface area contributed by atoms with Crippen LogP contribution < -0.4 is 4.74 Å². The predicted octanol–water partition coefficient (Wildman–Crippen LogP) is 2.81. The third-order valence-electron chi connectivity index (χ3n) is 1.91. The quantitative estimate of drug-likeness (QED) is 0.875. The van der Waals surface area contributed by atoms with Crippen LogP contribution in [0.15, 0.2) is 29.0 Å². The van der Waals surface area contributed by atoms with Crippen LogP contribution in [0.3, 0.4) is 0 Å². The van der Waals surface area contributed by atoms with Crippen molar-refractivity contribution in [2.75, 3.05) is 0 Å². The molecule has 1 aromatic heterocycles. The number of rotatable bonds is 3. The van der Waals surface area contributed by atoms with E-state index in [2.05, 4.69) is 26.0 Å². The lowest BCUT2D eigenvalue weighted by Gasteiger charge is -2.04. The summed E-state index contributed by atoms with van der Waals surface area (Å²) in [5, 5.41) is 4.76. The van der Waals surface area contributed by atoms with Gasteiger partial charge in [0.2, 0.25) is 0 Å². The lowest BCUT2D eigenvalue weighted by Crippen LogP contribution is -1.99. The van der Waals surface area contributed by atoms with Gasteiger partial charge in [0.1, 0.15) is 18.7 Å². The van der Waals surface area contributed by atoms with Crippen LogP contribution >= 0.6 is 27.5 Å². The van der Waals surface area contributed by atoms with Crippen LogP contribution in [0.4, 0.5) is 0 Å². The minimum Gasteiger partial charge on any atom is -0.485 e. The summed E-state index contributed by atoms with van der Waals surface area (Å²) in [4.78, 5) is 4.06. The van der Waals surface area contributed by atoms with Gasteiger partial charge in [-0.3, -0.25) is 4.68 Å². The fourth-order valence-corrected chi connectivity index (χ4v) is 1.64. The minimum atomic E-state index is 0.342. The lowest BCUT2D eigenvalue weighted by atomic mass is 10.3. The van der Waals surface area contributed by atoms with Crippen molar-refractivity contribution in [1.82, 2.24) is 14.8 Å². The zero-order valence-corrected chi connectivity index (χ0v) is 10.9. The first kappa shape index (κ1) is 11.4. The summed E-state index contributed by atoms with van der Waals surface area (Å²) < 4.78 is 7.96. The fourth-order valence-electron chi connectivity index (χ4n) is 1.16. The van der Waals surface area contributed by atoms with Gasteiger partial charge in [0.25, 0.3) is 0 Å². The number of aromatic nitrogens is 3. The van der Waals surface area contributed by atoms with Crippen LogP contribution in [0.1, 0.15) is 5.82 Å². The predicted molar refractivity (Wildman–Crippen MR) is 64.5 cm³/mol. The summed E-state index contributed by atoms with van der Waals surface area (Å²) >= 11 is 9.20. The van der Waals surface area contributed by atoms with Gasteiger partial charge in [0.15, 0.2) is 5.82 Å². The molecule has 0 saturated heterocycles. The average molecular weight is 303 g/mol. The van der Waals surface area contributed by atoms with Crippen molar-refractivity contribution in [1.29, 1.82) is 0 Å². The zero-order valence-electron chi connectivity index (χ0n) is 8.52. The molecule has 2 rings (SSSR count). The van der Waals surface area contributed by atoms with Crippen LogP contribution in [0.5, 0.6) is 5.75 Å². The highest BCUT2D eigenvalue weighted by Crippen LogP contribution is 2.26. The molecule has 0 bridgehead atoms. The molecule has 84 valence electrons.